The van der Waals surface area contributed by atoms with Gasteiger partial charge in [0.2, 0.25) is 0 Å². The molecule has 0 spiro atoms. The molecule has 74 valence electrons. The van der Waals surface area contributed by atoms with Crippen LogP contribution in [0, 0.1) is 0 Å². The summed E-state index contributed by atoms with van der Waals surface area (Å²) >= 11 is 0. The molecular weight excluding hydrogens is 160 g/mol. The van der Waals surface area contributed by atoms with Crippen LogP contribution in [-0.2, 0) is 0 Å². The minimum absolute atomic E-state index is 0.578. The quantitative estimate of drug-likeness (QED) is 0.579. The third kappa shape index (κ3) is 2.78. The van der Waals surface area contributed by atoms with E-state index < -0.39 is 0 Å². The summed E-state index contributed by atoms with van der Waals surface area (Å²) in [4.78, 5) is 0. The lowest BCUT2D eigenvalue weighted by Crippen LogP contribution is -2.09. The molecule has 2 aliphatic rings. The number of hydrogen-bond donors (Lipinski definition) is 0. The Hall–Kier alpha value is -0.400. The van der Waals surface area contributed by atoms with Crippen LogP contribution in [0.3, 0.4) is 0 Å². The van der Waals surface area contributed by atoms with E-state index in [0.717, 1.165) is 0 Å². The molecule has 0 aliphatic heterocycles. The van der Waals surface area contributed by atoms with Crippen LogP contribution < -0.4 is 0 Å². The third-order valence-electron chi connectivity index (χ3n) is 3.29. The summed E-state index contributed by atoms with van der Waals surface area (Å²) in [5.41, 5.74) is 0. The molecular formula is C11H20N2. The van der Waals surface area contributed by atoms with E-state index in [0.29, 0.717) is 12.1 Å². The predicted molar refractivity (Wildman–Crippen MR) is 54.0 cm³/mol. The van der Waals surface area contributed by atoms with Crippen LogP contribution in [0.25, 0.3) is 0 Å². The zero-order valence-corrected chi connectivity index (χ0v) is 8.41. The highest BCUT2D eigenvalue weighted by Gasteiger charge is 2.16. The highest BCUT2D eigenvalue weighted by molar-refractivity contribution is 4.74. The second-order valence-electron chi connectivity index (χ2n) is 4.46. The minimum Gasteiger partial charge on any atom is -0.191 e. The minimum atomic E-state index is 0.578. The van der Waals surface area contributed by atoms with Gasteiger partial charge in [0.05, 0.1) is 12.1 Å². The maximum absolute atomic E-state index is 4.49. The van der Waals surface area contributed by atoms with Crippen LogP contribution in [-0.4, -0.2) is 12.1 Å². The maximum atomic E-state index is 4.49. The Kier molecular flexibility index (Phi) is 3.34. The summed E-state index contributed by atoms with van der Waals surface area (Å²) in [6.45, 7) is 0. The van der Waals surface area contributed by atoms with Crippen molar-refractivity contribution in [1.82, 2.24) is 0 Å². The zero-order chi connectivity index (χ0) is 8.93. The lowest BCUT2D eigenvalue weighted by atomic mass is 9.96. The zero-order valence-electron chi connectivity index (χ0n) is 8.41. The van der Waals surface area contributed by atoms with Crippen LogP contribution in [0.5, 0.6) is 0 Å². The fraction of sp³-hybridized carbons (Fsp3) is 1.00. The van der Waals surface area contributed by atoms with E-state index in [1.165, 1.54) is 57.8 Å². The summed E-state index contributed by atoms with van der Waals surface area (Å²) in [5.74, 6) is 0. The first-order valence-electron chi connectivity index (χ1n) is 5.85. The van der Waals surface area contributed by atoms with E-state index in [4.69, 9.17) is 0 Å². The fourth-order valence-corrected chi connectivity index (χ4v) is 2.40. The Morgan fingerprint density at radius 3 is 1.38 bits per heavy atom. The van der Waals surface area contributed by atoms with Crippen LogP contribution in [0.2, 0.25) is 0 Å². The van der Waals surface area contributed by atoms with Gasteiger partial charge in [-0.1, -0.05) is 32.1 Å². The van der Waals surface area contributed by atoms with E-state index in [2.05, 4.69) is 10.2 Å². The van der Waals surface area contributed by atoms with Gasteiger partial charge in [-0.2, -0.15) is 10.2 Å². The van der Waals surface area contributed by atoms with Crippen LogP contribution >= 0.6 is 0 Å². The second-order valence-corrected chi connectivity index (χ2v) is 4.46. The first-order valence-corrected chi connectivity index (χ1v) is 5.85. The molecule has 0 N–H and O–H groups in total. The Labute approximate surface area is 80.8 Å². The van der Waals surface area contributed by atoms with Crippen molar-refractivity contribution in [2.75, 3.05) is 0 Å². The summed E-state index contributed by atoms with van der Waals surface area (Å²) < 4.78 is 0. The molecule has 2 nitrogen and oxygen atoms in total. The van der Waals surface area contributed by atoms with Crippen molar-refractivity contribution < 1.29 is 0 Å². The number of hydrogen-bond acceptors (Lipinski definition) is 2. The van der Waals surface area contributed by atoms with Gasteiger partial charge in [0.15, 0.2) is 0 Å². The van der Waals surface area contributed by atoms with Crippen molar-refractivity contribution in [2.24, 2.45) is 10.2 Å². The Balaban J connectivity index is 1.74. The molecule has 2 aliphatic carbocycles. The van der Waals surface area contributed by atoms with Crippen molar-refractivity contribution in [3.63, 3.8) is 0 Å². The SMILES string of the molecule is C1CCC(/N=N/C2CCCC2)CC1. The van der Waals surface area contributed by atoms with Gasteiger partial charge in [0.25, 0.3) is 0 Å². The van der Waals surface area contributed by atoms with Crippen molar-refractivity contribution in [2.45, 2.75) is 69.9 Å². The topological polar surface area (TPSA) is 24.7 Å². The molecule has 2 heteroatoms. The van der Waals surface area contributed by atoms with Gasteiger partial charge < -0.3 is 0 Å². The van der Waals surface area contributed by atoms with E-state index in [1.807, 2.05) is 0 Å². The average Bonchev–Trinajstić information content (AvgIpc) is 2.69. The molecule has 0 aromatic carbocycles. The second kappa shape index (κ2) is 4.73. The number of rotatable bonds is 2. The molecule has 2 fully saturated rings. The van der Waals surface area contributed by atoms with Gasteiger partial charge in [-0.15, -0.1) is 0 Å². The van der Waals surface area contributed by atoms with E-state index in [1.54, 1.807) is 0 Å². The maximum Gasteiger partial charge on any atom is 0.0708 e. The lowest BCUT2D eigenvalue weighted by Gasteiger charge is -2.16. The van der Waals surface area contributed by atoms with Gasteiger partial charge in [0.1, 0.15) is 0 Å². The van der Waals surface area contributed by atoms with Gasteiger partial charge in [-0.25, -0.2) is 0 Å². The van der Waals surface area contributed by atoms with E-state index >= 15 is 0 Å². The van der Waals surface area contributed by atoms with Gasteiger partial charge in [0, 0.05) is 0 Å². The van der Waals surface area contributed by atoms with Gasteiger partial charge >= 0.3 is 0 Å². The van der Waals surface area contributed by atoms with E-state index in [-0.39, 0.29) is 0 Å². The number of nitrogens with zero attached hydrogens (tertiary/aromatic N) is 2. The third-order valence-corrected chi connectivity index (χ3v) is 3.29. The van der Waals surface area contributed by atoms with E-state index in [9.17, 15) is 0 Å². The fourth-order valence-electron chi connectivity index (χ4n) is 2.40. The standard InChI is InChI=1S/C11H20N2/c1-2-6-10(7-3-1)12-13-11-8-4-5-9-11/h10-11H,1-9H2/b13-12+. The molecule has 13 heavy (non-hydrogen) atoms. The summed E-state index contributed by atoms with van der Waals surface area (Å²) in [5, 5.41) is 8.96. The highest BCUT2D eigenvalue weighted by atomic mass is 15.1. The Bertz CT molecular complexity index is 165. The molecule has 0 atom stereocenters. The van der Waals surface area contributed by atoms with Crippen molar-refractivity contribution >= 4 is 0 Å². The Morgan fingerprint density at radius 2 is 0.923 bits per heavy atom. The van der Waals surface area contributed by atoms with Crippen LogP contribution in [0.4, 0.5) is 0 Å². The molecule has 0 aromatic heterocycles. The molecule has 0 radical (unpaired) electrons. The Morgan fingerprint density at radius 1 is 0.538 bits per heavy atom. The molecule has 0 heterocycles. The molecule has 0 bridgehead atoms. The van der Waals surface area contributed by atoms with Gasteiger partial charge in [-0.05, 0) is 25.7 Å². The largest absolute Gasteiger partial charge is 0.191 e. The van der Waals surface area contributed by atoms with Crippen molar-refractivity contribution in [1.29, 1.82) is 0 Å². The normalized spacial score (nSPS) is 27.4. The molecule has 2 rings (SSSR count). The molecule has 0 aromatic rings. The molecule has 0 saturated heterocycles. The van der Waals surface area contributed by atoms with Crippen LogP contribution in [0.1, 0.15) is 57.8 Å². The first kappa shape index (κ1) is 9.17. The predicted octanol–water partition coefficient (Wildman–Crippen LogP) is 3.71. The highest BCUT2D eigenvalue weighted by Crippen LogP contribution is 2.24. The molecule has 0 unspecified atom stereocenters. The summed E-state index contributed by atoms with van der Waals surface area (Å²) in [6.07, 6.45) is 12.0. The lowest BCUT2D eigenvalue weighted by molar-refractivity contribution is 0.421. The average molecular weight is 180 g/mol. The van der Waals surface area contributed by atoms with Gasteiger partial charge in [-0.3, -0.25) is 0 Å². The first-order chi connectivity index (χ1) is 6.45. The molecule has 0 amide bonds. The molecule has 2 saturated carbocycles. The monoisotopic (exact) mass is 180 g/mol. The van der Waals surface area contributed by atoms with Crippen molar-refractivity contribution in [3.8, 4) is 0 Å². The van der Waals surface area contributed by atoms with Crippen molar-refractivity contribution in [3.05, 3.63) is 0 Å². The summed E-state index contributed by atoms with van der Waals surface area (Å²) in [7, 11) is 0. The van der Waals surface area contributed by atoms with Crippen LogP contribution in [0.15, 0.2) is 10.2 Å². The smallest absolute Gasteiger partial charge is 0.0708 e. The summed E-state index contributed by atoms with van der Waals surface area (Å²) in [6, 6.07) is 1.16. The number of azo groups is 1.